The average Bonchev–Trinajstić information content (AvgIpc) is 3.94. The number of rotatable bonds is 8. The lowest BCUT2D eigenvalue weighted by Gasteiger charge is -2.12. The topological polar surface area (TPSA) is 48.5 Å². The minimum Gasteiger partial charge on any atom is -0.309 e. The van der Waals surface area contributed by atoms with Crippen molar-refractivity contribution in [1.82, 2.24) is 24.1 Å². The van der Waals surface area contributed by atoms with Crippen molar-refractivity contribution in [2.24, 2.45) is 0 Å². The third kappa shape index (κ3) is 6.84. The minimum atomic E-state index is 0.623. The summed E-state index contributed by atoms with van der Waals surface area (Å²) in [5.41, 5.74) is 16.7. The molecule has 0 N–H and O–H groups in total. The van der Waals surface area contributed by atoms with Crippen LogP contribution in [0.25, 0.3) is 123 Å². The molecule has 10 aromatic carbocycles. The van der Waals surface area contributed by atoms with Crippen molar-refractivity contribution in [3.05, 3.63) is 249 Å². The molecule has 68 heavy (non-hydrogen) atoms. The normalized spacial score (nSPS) is 11.5. The molecule has 0 fully saturated rings. The molecule has 0 aliphatic rings. The SMILES string of the molecule is c1ccc(-c2ccc(-c3ccc(-n4c5ccccc5c5cc(-c6ccc7c8ccccc8n(-c8cccc(-c9nc(-c%10ccccc%10)nc(-c%10ccccc%10)n9)c8)c7c6)ccc54)cc3)cc2)cc1. The highest BCUT2D eigenvalue weighted by Gasteiger charge is 2.18. The third-order valence-corrected chi connectivity index (χ3v) is 13.2. The van der Waals surface area contributed by atoms with Crippen LogP contribution in [0, 0.1) is 0 Å². The minimum absolute atomic E-state index is 0.623. The zero-order chi connectivity index (χ0) is 45.0. The molecule has 0 saturated carbocycles. The Morgan fingerprint density at radius 2 is 0.603 bits per heavy atom. The van der Waals surface area contributed by atoms with Crippen molar-refractivity contribution in [3.8, 4) is 78.9 Å². The molecule has 0 aliphatic heterocycles. The zero-order valence-corrected chi connectivity index (χ0v) is 36.9. The number of aromatic nitrogens is 5. The van der Waals surface area contributed by atoms with Gasteiger partial charge in [-0.2, -0.15) is 0 Å². The second-order valence-electron chi connectivity index (χ2n) is 17.2. The summed E-state index contributed by atoms with van der Waals surface area (Å²) in [7, 11) is 0. The van der Waals surface area contributed by atoms with E-state index in [-0.39, 0.29) is 0 Å². The van der Waals surface area contributed by atoms with E-state index in [2.05, 4.69) is 197 Å². The molecular formula is C63H41N5. The Labute approximate surface area is 393 Å². The molecule has 3 aromatic heterocycles. The van der Waals surface area contributed by atoms with E-state index in [0.29, 0.717) is 17.5 Å². The van der Waals surface area contributed by atoms with Crippen molar-refractivity contribution in [1.29, 1.82) is 0 Å². The number of para-hydroxylation sites is 2. The van der Waals surface area contributed by atoms with Crippen LogP contribution in [0.1, 0.15) is 0 Å². The van der Waals surface area contributed by atoms with Gasteiger partial charge in [0.15, 0.2) is 17.5 Å². The van der Waals surface area contributed by atoms with Crippen LogP contribution in [-0.2, 0) is 0 Å². The summed E-state index contributed by atoms with van der Waals surface area (Å²) in [5, 5.41) is 4.84. The molecule has 0 saturated heterocycles. The molecule has 3 heterocycles. The van der Waals surface area contributed by atoms with Gasteiger partial charge in [0.05, 0.1) is 22.1 Å². The first kappa shape index (κ1) is 39.2. The fourth-order valence-corrected chi connectivity index (χ4v) is 9.87. The summed E-state index contributed by atoms with van der Waals surface area (Å²) in [6.45, 7) is 0. The Morgan fingerprint density at radius 1 is 0.206 bits per heavy atom. The summed E-state index contributed by atoms with van der Waals surface area (Å²) in [5.74, 6) is 1.90. The van der Waals surface area contributed by atoms with Crippen LogP contribution in [-0.4, -0.2) is 24.1 Å². The zero-order valence-electron chi connectivity index (χ0n) is 36.9. The van der Waals surface area contributed by atoms with E-state index in [9.17, 15) is 0 Å². The first-order chi connectivity index (χ1) is 33.7. The second kappa shape index (κ2) is 16.4. The van der Waals surface area contributed by atoms with E-state index >= 15 is 0 Å². The van der Waals surface area contributed by atoms with E-state index in [1.54, 1.807) is 0 Å². The van der Waals surface area contributed by atoms with Crippen LogP contribution in [0.3, 0.4) is 0 Å². The Kier molecular flexibility index (Phi) is 9.43. The molecule has 318 valence electrons. The van der Waals surface area contributed by atoms with Gasteiger partial charge in [-0.25, -0.2) is 15.0 Å². The van der Waals surface area contributed by atoms with E-state index in [1.807, 2.05) is 60.7 Å². The molecule has 13 aromatic rings. The van der Waals surface area contributed by atoms with Crippen molar-refractivity contribution in [3.63, 3.8) is 0 Å². The number of hydrogen-bond acceptors (Lipinski definition) is 3. The Balaban J connectivity index is 0.892. The van der Waals surface area contributed by atoms with Crippen LogP contribution >= 0.6 is 0 Å². The largest absolute Gasteiger partial charge is 0.309 e. The van der Waals surface area contributed by atoms with Gasteiger partial charge in [0, 0.05) is 49.6 Å². The Bertz CT molecular complexity index is 3930. The lowest BCUT2D eigenvalue weighted by atomic mass is 10.00. The van der Waals surface area contributed by atoms with Crippen molar-refractivity contribution in [2.45, 2.75) is 0 Å². The average molecular weight is 868 g/mol. The molecule has 13 rings (SSSR count). The van der Waals surface area contributed by atoms with Crippen LogP contribution < -0.4 is 0 Å². The van der Waals surface area contributed by atoms with Gasteiger partial charge in [0.25, 0.3) is 0 Å². The summed E-state index contributed by atoms with van der Waals surface area (Å²) in [6, 6.07) is 88.4. The molecule has 0 unspecified atom stereocenters. The highest BCUT2D eigenvalue weighted by molar-refractivity contribution is 6.12. The number of nitrogens with zero attached hydrogens (tertiary/aromatic N) is 5. The maximum absolute atomic E-state index is 5.06. The van der Waals surface area contributed by atoms with Gasteiger partial charge < -0.3 is 9.13 Å². The van der Waals surface area contributed by atoms with Crippen molar-refractivity contribution < 1.29 is 0 Å². The highest BCUT2D eigenvalue weighted by Crippen LogP contribution is 2.39. The first-order valence-electron chi connectivity index (χ1n) is 23.0. The summed E-state index contributed by atoms with van der Waals surface area (Å²) >= 11 is 0. The van der Waals surface area contributed by atoms with E-state index in [1.165, 1.54) is 54.8 Å². The van der Waals surface area contributed by atoms with Crippen molar-refractivity contribution in [2.75, 3.05) is 0 Å². The lowest BCUT2D eigenvalue weighted by molar-refractivity contribution is 1.07. The van der Waals surface area contributed by atoms with Gasteiger partial charge in [-0.1, -0.05) is 194 Å². The molecule has 0 amide bonds. The second-order valence-corrected chi connectivity index (χ2v) is 17.2. The van der Waals surface area contributed by atoms with E-state index in [4.69, 9.17) is 15.0 Å². The predicted molar refractivity (Wildman–Crippen MR) is 281 cm³/mol. The first-order valence-corrected chi connectivity index (χ1v) is 23.0. The molecule has 0 spiro atoms. The van der Waals surface area contributed by atoms with Crippen LogP contribution in [0.15, 0.2) is 249 Å². The van der Waals surface area contributed by atoms with Crippen LogP contribution in [0.5, 0.6) is 0 Å². The van der Waals surface area contributed by atoms with Gasteiger partial charge in [-0.15, -0.1) is 0 Å². The maximum Gasteiger partial charge on any atom is 0.164 e. The van der Waals surface area contributed by atoms with Crippen molar-refractivity contribution >= 4 is 43.6 Å². The monoisotopic (exact) mass is 867 g/mol. The number of fused-ring (bicyclic) bond motifs is 6. The fourth-order valence-electron chi connectivity index (χ4n) is 9.87. The quantitative estimate of drug-likeness (QED) is 0.153. The van der Waals surface area contributed by atoms with Crippen LogP contribution in [0.4, 0.5) is 0 Å². The predicted octanol–water partition coefficient (Wildman–Crippen LogP) is 16.1. The van der Waals surface area contributed by atoms with Gasteiger partial charge in [0.2, 0.25) is 0 Å². The summed E-state index contributed by atoms with van der Waals surface area (Å²) < 4.78 is 4.77. The summed E-state index contributed by atoms with van der Waals surface area (Å²) in [6.07, 6.45) is 0. The number of benzene rings is 10. The lowest BCUT2D eigenvalue weighted by Crippen LogP contribution is -2.01. The van der Waals surface area contributed by atoms with E-state index in [0.717, 1.165) is 50.2 Å². The van der Waals surface area contributed by atoms with E-state index < -0.39 is 0 Å². The summed E-state index contributed by atoms with van der Waals surface area (Å²) in [4.78, 5) is 15.1. The van der Waals surface area contributed by atoms with Gasteiger partial charge in [0.1, 0.15) is 0 Å². The van der Waals surface area contributed by atoms with Gasteiger partial charge in [-0.05, 0) is 88.0 Å². The standard InChI is InChI=1S/C63H41N5/c1-4-15-42(16-5-1)43-27-29-44(30-28-43)45-31-35-51(36-32-45)67-58-26-13-11-24-54(58)56-40-48(34-38-59(56)67)49-33-37-55-53-23-10-12-25-57(53)68(60(55)41-49)52-22-14-21-50(39-52)63-65-61(46-17-6-2-7-18-46)64-62(66-63)47-19-8-3-9-20-47/h1-41H. The molecule has 5 nitrogen and oxygen atoms in total. The number of hydrogen-bond donors (Lipinski definition) is 0. The molecular weight excluding hydrogens is 827 g/mol. The van der Waals surface area contributed by atoms with Gasteiger partial charge in [-0.3, -0.25) is 0 Å². The Hall–Kier alpha value is -9.19. The molecule has 0 atom stereocenters. The molecule has 0 radical (unpaired) electrons. The third-order valence-electron chi connectivity index (χ3n) is 13.2. The van der Waals surface area contributed by atoms with Crippen LogP contribution in [0.2, 0.25) is 0 Å². The molecule has 0 aliphatic carbocycles. The smallest absolute Gasteiger partial charge is 0.164 e. The maximum atomic E-state index is 5.06. The molecule has 0 bridgehead atoms. The highest BCUT2D eigenvalue weighted by atomic mass is 15.0. The Morgan fingerprint density at radius 3 is 1.21 bits per heavy atom. The molecule has 5 heteroatoms. The van der Waals surface area contributed by atoms with Gasteiger partial charge >= 0.3 is 0 Å². The fraction of sp³-hybridized carbons (Fsp3) is 0.